The average molecular weight is 671 g/mol. The molecular weight excluding hydrogens is 586 g/mol. The fourth-order valence-corrected chi connectivity index (χ4v) is 6.03. The van der Waals surface area contributed by atoms with Crippen LogP contribution in [0.3, 0.4) is 0 Å². The Hall–Kier alpha value is -0.350. The Balaban J connectivity index is 0. The molecule has 0 saturated heterocycles. The zero-order valence-corrected chi connectivity index (χ0v) is 32.9. The fraction of sp³-hybridized carbons (Fsp3) is 0.905. The van der Waals surface area contributed by atoms with Crippen molar-refractivity contribution in [2.75, 3.05) is 47.5 Å². The smallest absolute Gasteiger partial charge is 0.130 e. The van der Waals surface area contributed by atoms with Gasteiger partial charge in [-0.05, 0) is 64.2 Å². The highest BCUT2D eigenvalue weighted by Gasteiger charge is 2.19. The molecule has 0 aromatic heterocycles. The van der Waals surface area contributed by atoms with Gasteiger partial charge in [-0.2, -0.15) is 0 Å². The zero-order chi connectivity index (χ0) is 32.9. The van der Waals surface area contributed by atoms with Crippen LogP contribution in [0.15, 0.2) is 24.3 Å². The molecule has 0 aromatic carbocycles. The molecule has 0 heterocycles. The van der Waals surface area contributed by atoms with Crippen molar-refractivity contribution in [2.45, 2.75) is 200 Å². The van der Waals surface area contributed by atoms with Crippen LogP contribution in [0.2, 0.25) is 0 Å². The molecule has 1 unspecified atom stereocenters. The fourth-order valence-electron chi connectivity index (χ4n) is 6.03. The molecule has 276 valence electrons. The van der Waals surface area contributed by atoms with E-state index in [4.69, 9.17) is 9.47 Å². The Kier molecular flexibility index (Phi) is 40.6. The van der Waals surface area contributed by atoms with Crippen molar-refractivity contribution in [1.82, 2.24) is 0 Å². The molecule has 0 aliphatic heterocycles. The van der Waals surface area contributed by atoms with Gasteiger partial charge in [-0.1, -0.05) is 154 Å². The minimum absolute atomic E-state index is 0. The summed E-state index contributed by atoms with van der Waals surface area (Å²) in [7, 11) is 6.77. The van der Waals surface area contributed by atoms with Gasteiger partial charge in [0.05, 0.1) is 27.7 Å². The molecule has 1 atom stereocenters. The molecule has 0 saturated carbocycles. The molecule has 0 bridgehead atoms. The third-order valence-corrected chi connectivity index (χ3v) is 8.87. The summed E-state index contributed by atoms with van der Waals surface area (Å²) in [6, 6.07) is 0. The Morgan fingerprint density at radius 2 is 0.761 bits per heavy atom. The van der Waals surface area contributed by atoms with E-state index < -0.39 is 0 Å². The van der Waals surface area contributed by atoms with Gasteiger partial charge < -0.3 is 26.4 Å². The van der Waals surface area contributed by atoms with E-state index in [-0.39, 0.29) is 18.5 Å². The summed E-state index contributed by atoms with van der Waals surface area (Å²) in [6.07, 6.45) is 47.6. The van der Waals surface area contributed by atoms with Crippen molar-refractivity contribution < 1.29 is 26.4 Å². The van der Waals surface area contributed by atoms with Crippen LogP contribution in [-0.4, -0.2) is 58.1 Å². The first kappa shape index (κ1) is 47.8. The second-order valence-electron chi connectivity index (χ2n) is 14.9. The molecule has 0 aliphatic carbocycles. The van der Waals surface area contributed by atoms with Crippen molar-refractivity contribution in [3.05, 3.63) is 24.3 Å². The molecule has 0 amide bonds. The Morgan fingerprint density at radius 1 is 0.435 bits per heavy atom. The molecule has 0 rings (SSSR count). The lowest BCUT2D eigenvalue weighted by Crippen LogP contribution is -3.00. The minimum atomic E-state index is 0. The predicted molar refractivity (Wildman–Crippen MR) is 202 cm³/mol. The van der Waals surface area contributed by atoms with Gasteiger partial charge in [0.15, 0.2) is 0 Å². The molecule has 4 heteroatoms. The zero-order valence-electron chi connectivity index (χ0n) is 32.2. The van der Waals surface area contributed by atoms with Crippen molar-refractivity contribution in [2.24, 2.45) is 0 Å². The lowest BCUT2D eigenvalue weighted by molar-refractivity contribution is -0.873. The molecule has 0 N–H and O–H groups in total. The lowest BCUT2D eigenvalue weighted by atomic mass is 10.1. The predicted octanol–water partition coefficient (Wildman–Crippen LogP) is 10.2. The summed E-state index contributed by atoms with van der Waals surface area (Å²) in [6.45, 7) is 8.10. The van der Waals surface area contributed by atoms with E-state index in [1.165, 1.54) is 180 Å². The topological polar surface area (TPSA) is 18.5 Å². The first-order valence-electron chi connectivity index (χ1n) is 20.3. The van der Waals surface area contributed by atoms with Gasteiger partial charge in [-0.15, -0.1) is 0 Å². The maximum absolute atomic E-state index is 6.32. The molecule has 0 aromatic rings. The standard InChI is InChI=1S/C42H84NO2.ClH/c1-6-8-10-12-14-16-18-20-22-24-26-28-30-32-34-36-38-44-41-42(40-43(3,4)5)45-39-37-35-33-31-29-27-25-23-21-19-17-15-13-11-9-7-2;/h20-23,42H,6-19,24-41H2,1-5H3;1H/q+1;/p-1/b22-20-,23-21-;. The van der Waals surface area contributed by atoms with E-state index in [2.05, 4.69) is 59.3 Å². The van der Waals surface area contributed by atoms with E-state index in [1.807, 2.05) is 0 Å². The van der Waals surface area contributed by atoms with Crippen LogP contribution in [0.25, 0.3) is 0 Å². The number of hydrogen-bond donors (Lipinski definition) is 0. The summed E-state index contributed by atoms with van der Waals surface area (Å²) in [4.78, 5) is 0. The largest absolute Gasteiger partial charge is 1.00 e. The SMILES string of the molecule is CCCCCCCC/C=C\CCCCCCCCOCC(C[N+](C)(C)C)OCCCCCCCC/C=C\CCCCCCCC.[Cl-]. The van der Waals surface area contributed by atoms with E-state index in [0.29, 0.717) is 0 Å². The monoisotopic (exact) mass is 670 g/mol. The van der Waals surface area contributed by atoms with Gasteiger partial charge in [0, 0.05) is 13.2 Å². The summed E-state index contributed by atoms with van der Waals surface area (Å²) in [5, 5.41) is 0. The number of nitrogens with zero attached hydrogens (tertiary/aromatic N) is 1. The van der Waals surface area contributed by atoms with Crippen LogP contribution in [0.5, 0.6) is 0 Å². The number of ether oxygens (including phenoxy) is 2. The van der Waals surface area contributed by atoms with Crippen LogP contribution < -0.4 is 12.4 Å². The summed E-state index contributed by atoms with van der Waals surface area (Å²) in [5.74, 6) is 0. The van der Waals surface area contributed by atoms with E-state index >= 15 is 0 Å². The van der Waals surface area contributed by atoms with Gasteiger partial charge in [0.2, 0.25) is 0 Å². The number of rotatable bonds is 37. The van der Waals surface area contributed by atoms with Gasteiger partial charge in [-0.3, -0.25) is 0 Å². The van der Waals surface area contributed by atoms with Crippen LogP contribution in [-0.2, 0) is 9.47 Å². The van der Waals surface area contributed by atoms with Crippen LogP contribution in [0.4, 0.5) is 0 Å². The maximum atomic E-state index is 6.32. The maximum Gasteiger partial charge on any atom is 0.130 e. The highest BCUT2D eigenvalue weighted by Crippen LogP contribution is 2.12. The second-order valence-corrected chi connectivity index (χ2v) is 14.9. The molecule has 0 aliphatic rings. The quantitative estimate of drug-likeness (QED) is 0.0372. The molecule has 0 spiro atoms. The van der Waals surface area contributed by atoms with Gasteiger partial charge >= 0.3 is 0 Å². The number of likely N-dealkylation sites (N-methyl/N-ethyl adjacent to an activating group) is 1. The molecule has 46 heavy (non-hydrogen) atoms. The molecule has 0 fully saturated rings. The van der Waals surface area contributed by atoms with Crippen molar-refractivity contribution >= 4 is 0 Å². The molecule has 3 nitrogen and oxygen atoms in total. The van der Waals surface area contributed by atoms with Gasteiger partial charge in [0.25, 0.3) is 0 Å². The lowest BCUT2D eigenvalue weighted by Gasteiger charge is -2.29. The van der Waals surface area contributed by atoms with Crippen molar-refractivity contribution in [1.29, 1.82) is 0 Å². The first-order valence-corrected chi connectivity index (χ1v) is 20.3. The van der Waals surface area contributed by atoms with Crippen LogP contribution in [0.1, 0.15) is 194 Å². The third kappa shape index (κ3) is 41.7. The van der Waals surface area contributed by atoms with Crippen molar-refractivity contribution in [3.8, 4) is 0 Å². The number of halogens is 1. The number of allylic oxidation sites excluding steroid dienone is 4. The highest BCUT2D eigenvalue weighted by molar-refractivity contribution is 4.82. The number of quaternary nitrogens is 1. The Labute approximate surface area is 297 Å². The van der Waals surface area contributed by atoms with Crippen LogP contribution in [0, 0.1) is 0 Å². The second kappa shape index (κ2) is 39.1. The van der Waals surface area contributed by atoms with E-state index in [1.54, 1.807) is 0 Å². The number of hydrogen-bond acceptors (Lipinski definition) is 2. The average Bonchev–Trinajstić information content (AvgIpc) is 3.01. The summed E-state index contributed by atoms with van der Waals surface area (Å²) < 4.78 is 13.3. The minimum Gasteiger partial charge on any atom is -1.00 e. The number of unbranched alkanes of at least 4 members (excludes halogenated alkanes) is 24. The summed E-state index contributed by atoms with van der Waals surface area (Å²) >= 11 is 0. The molecular formula is C42H84ClNO2. The summed E-state index contributed by atoms with van der Waals surface area (Å²) in [5.41, 5.74) is 0. The van der Waals surface area contributed by atoms with Crippen molar-refractivity contribution in [3.63, 3.8) is 0 Å². The Bertz CT molecular complexity index is 615. The Morgan fingerprint density at radius 3 is 1.13 bits per heavy atom. The first-order chi connectivity index (χ1) is 22.0. The highest BCUT2D eigenvalue weighted by atomic mass is 35.5. The molecule has 0 radical (unpaired) electrons. The van der Waals surface area contributed by atoms with Crippen LogP contribution >= 0.6 is 0 Å². The third-order valence-electron chi connectivity index (χ3n) is 8.87. The van der Waals surface area contributed by atoms with Gasteiger partial charge in [-0.25, -0.2) is 0 Å². The normalized spacial score (nSPS) is 12.8. The van der Waals surface area contributed by atoms with E-state index in [0.717, 1.165) is 30.8 Å². The van der Waals surface area contributed by atoms with E-state index in [9.17, 15) is 0 Å². The van der Waals surface area contributed by atoms with Gasteiger partial charge in [0.1, 0.15) is 12.6 Å².